The molecule has 11 heteroatoms. The van der Waals surface area contributed by atoms with E-state index < -0.39 is 46.1 Å². The van der Waals surface area contributed by atoms with Crippen LogP contribution in [0.4, 0.5) is 0 Å². The third-order valence-corrected chi connectivity index (χ3v) is 3.14. The number of carboxylic acids is 4. The zero-order chi connectivity index (χ0) is 18.7. The van der Waals surface area contributed by atoms with Crippen LogP contribution in [-0.4, -0.2) is 55.3 Å². The minimum absolute atomic E-state index is 0. The summed E-state index contributed by atoms with van der Waals surface area (Å²) < 4.78 is 5.32. The number of hydrogen-bond acceptors (Lipinski definition) is 5. The highest BCUT2D eigenvalue weighted by molar-refractivity contribution is 6.02. The Hall–Kier alpha value is -3.96. The predicted molar refractivity (Wildman–Crippen MR) is 88.0 cm³/mol. The molecule has 0 fully saturated rings. The largest absolute Gasteiger partial charge is 0.478 e. The predicted octanol–water partition coefficient (Wildman–Crippen LogP) is 0.622. The normalized spacial score (nSPS) is 9.33. The van der Waals surface area contributed by atoms with Gasteiger partial charge in [-0.05, 0) is 36.4 Å². The molecule has 0 aromatic heterocycles. The summed E-state index contributed by atoms with van der Waals surface area (Å²) in [5.74, 6) is -5.92. The maximum absolute atomic E-state index is 11.1. The minimum Gasteiger partial charge on any atom is -0.478 e. The highest BCUT2D eigenvalue weighted by Crippen LogP contribution is 2.26. The number of aromatic carboxylic acids is 4. The molecule has 0 heterocycles. The summed E-state index contributed by atoms with van der Waals surface area (Å²) in [5.41, 5.74) is -1.89. The molecule has 144 valence electrons. The molecule has 0 saturated carbocycles. The van der Waals surface area contributed by atoms with Crippen LogP contribution in [-0.2, 0) is 0 Å². The topological polar surface area (TPSA) is 221 Å². The summed E-state index contributed by atoms with van der Waals surface area (Å²) in [5, 5.41) is 36.0. The summed E-state index contributed by atoms with van der Waals surface area (Å²) in [6.07, 6.45) is 0. The fourth-order valence-corrected chi connectivity index (χ4v) is 2.04. The molecule has 27 heavy (non-hydrogen) atoms. The number of rotatable bonds is 6. The Labute approximate surface area is 150 Å². The molecule has 0 atom stereocenters. The second kappa shape index (κ2) is 8.94. The molecule has 0 spiro atoms. The SMILES string of the molecule is O.O.O=C(O)c1ccc(Oc2ccc(C(=O)O)c(C(=O)O)c2)cc1C(=O)O. The average molecular weight is 382 g/mol. The van der Waals surface area contributed by atoms with Gasteiger partial charge in [-0.2, -0.15) is 0 Å². The van der Waals surface area contributed by atoms with Crippen LogP contribution < -0.4 is 4.74 Å². The van der Waals surface area contributed by atoms with E-state index in [2.05, 4.69) is 0 Å². The van der Waals surface area contributed by atoms with Gasteiger partial charge in [0.15, 0.2) is 0 Å². The van der Waals surface area contributed by atoms with Crippen molar-refractivity contribution in [3.63, 3.8) is 0 Å². The van der Waals surface area contributed by atoms with Crippen LogP contribution in [0.5, 0.6) is 11.5 Å². The number of hydrogen-bond donors (Lipinski definition) is 4. The molecule has 2 aromatic carbocycles. The van der Waals surface area contributed by atoms with E-state index in [-0.39, 0.29) is 22.5 Å². The van der Waals surface area contributed by atoms with Crippen LogP contribution in [0.2, 0.25) is 0 Å². The Morgan fingerprint density at radius 2 is 0.852 bits per heavy atom. The van der Waals surface area contributed by atoms with Crippen molar-refractivity contribution in [2.45, 2.75) is 0 Å². The monoisotopic (exact) mass is 382 g/mol. The molecule has 0 amide bonds. The van der Waals surface area contributed by atoms with E-state index in [4.69, 9.17) is 25.2 Å². The molecule has 2 rings (SSSR count). The van der Waals surface area contributed by atoms with Gasteiger partial charge in [-0.15, -0.1) is 0 Å². The van der Waals surface area contributed by atoms with Gasteiger partial charge >= 0.3 is 23.9 Å². The van der Waals surface area contributed by atoms with Gasteiger partial charge in [-0.25, -0.2) is 19.2 Å². The van der Waals surface area contributed by atoms with Crippen LogP contribution >= 0.6 is 0 Å². The van der Waals surface area contributed by atoms with Gasteiger partial charge in [-0.1, -0.05) is 0 Å². The van der Waals surface area contributed by atoms with E-state index >= 15 is 0 Å². The third kappa shape index (κ3) is 5.01. The van der Waals surface area contributed by atoms with Gasteiger partial charge in [0, 0.05) is 0 Å². The molecule has 11 nitrogen and oxygen atoms in total. The van der Waals surface area contributed by atoms with Crippen molar-refractivity contribution in [2.75, 3.05) is 0 Å². The Bertz CT molecular complexity index is 828. The highest BCUT2D eigenvalue weighted by atomic mass is 16.5. The van der Waals surface area contributed by atoms with Gasteiger partial charge in [0.1, 0.15) is 11.5 Å². The summed E-state index contributed by atoms with van der Waals surface area (Å²) >= 11 is 0. The van der Waals surface area contributed by atoms with Crippen molar-refractivity contribution in [2.24, 2.45) is 0 Å². The summed E-state index contributed by atoms with van der Waals surface area (Å²) in [6, 6.07) is 6.40. The molecule has 8 N–H and O–H groups in total. The van der Waals surface area contributed by atoms with Crippen LogP contribution in [0.25, 0.3) is 0 Å². The molecule has 0 aliphatic carbocycles. The van der Waals surface area contributed by atoms with Crippen molar-refractivity contribution >= 4 is 23.9 Å². The van der Waals surface area contributed by atoms with Crippen LogP contribution in [0.1, 0.15) is 41.4 Å². The van der Waals surface area contributed by atoms with E-state index in [9.17, 15) is 19.2 Å². The molecule has 0 aliphatic rings. The molecular weight excluding hydrogens is 368 g/mol. The molecule has 0 bridgehead atoms. The third-order valence-electron chi connectivity index (χ3n) is 3.14. The van der Waals surface area contributed by atoms with Gasteiger partial charge in [-0.3, -0.25) is 0 Å². The van der Waals surface area contributed by atoms with Gasteiger partial charge in [0.2, 0.25) is 0 Å². The second-order valence-corrected chi connectivity index (χ2v) is 4.74. The first-order valence-corrected chi connectivity index (χ1v) is 6.60. The fourth-order valence-electron chi connectivity index (χ4n) is 2.04. The lowest BCUT2D eigenvalue weighted by molar-refractivity contribution is 0.0651. The van der Waals surface area contributed by atoms with Gasteiger partial charge < -0.3 is 36.1 Å². The van der Waals surface area contributed by atoms with Crippen molar-refractivity contribution in [1.29, 1.82) is 0 Å². The second-order valence-electron chi connectivity index (χ2n) is 4.74. The molecule has 0 radical (unpaired) electrons. The lowest BCUT2D eigenvalue weighted by Gasteiger charge is -2.10. The van der Waals surface area contributed by atoms with Crippen molar-refractivity contribution in [3.05, 3.63) is 58.7 Å². The molecule has 2 aromatic rings. The summed E-state index contributed by atoms with van der Waals surface area (Å²) in [4.78, 5) is 44.2. The van der Waals surface area contributed by atoms with Crippen molar-refractivity contribution in [3.8, 4) is 11.5 Å². The maximum Gasteiger partial charge on any atom is 0.336 e. The smallest absolute Gasteiger partial charge is 0.336 e. The zero-order valence-corrected chi connectivity index (χ0v) is 13.3. The lowest BCUT2D eigenvalue weighted by Crippen LogP contribution is -2.09. The fraction of sp³-hybridized carbons (Fsp3) is 0. The Morgan fingerprint density at radius 1 is 0.556 bits per heavy atom. The molecule has 0 aliphatic heterocycles. The van der Waals surface area contributed by atoms with E-state index in [1.54, 1.807) is 0 Å². The standard InChI is InChI=1S/C16H10O9.2H2O/c17-13(18)9-3-1-7(5-11(9)15(21)22)25-8-2-4-10(14(19)20)12(6-8)16(23)24;;/h1-6H,(H,17,18)(H,19,20)(H,21,22)(H,23,24);2*1H2. The highest BCUT2D eigenvalue weighted by Gasteiger charge is 2.19. The van der Waals surface area contributed by atoms with Crippen LogP contribution in [0, 0.1) is 0 Å². The van der Waals surface area contributed by atoms with Crippen molar-refractivity contribution in [1.82, 2.24) is 0 Å². The van der Waals surface area contributed by atoms with Gasteiger partial charge in [0.25, 0.3) is 0 Å². The summed E-state index contributed by atoms with van der Waals surface area (Å²) in [6.45, 7) is 0. The molecular formula is C16H14O11. The van der Waals surface area contributed by atoms with Crippen LogP contribution in [0.15, 0.2) is 36.4 Å². The Kier molecular flexibility index (Phi) is 7.63. The first-order chi connectivity index (χ1) is 11.7. The van der Waals surface area contributed by atoms with E-state index in [0.29, 0.717) is 0 Å². The number of benzene rings is 2. The van der Waals surface area contributed by atoms with Crippen molar-refractivity contribution < 1.29 is 55.3 Å². The first kappa shape index (κ1) is 23.0. The molecule has 0 unspecified atom stereocenters. The zero-order valence-electron chi connectivity index (χ0n) is 13.3. The average Bonchev–Trinajstić information content (AvgIpc) is 2.54. The van der Waals surface area contributed by atoms with Crippen LogP contribution in [0.3, 0.4) is 0 Å². The Balaban J connectivity index is 0.00000338. The number of carboxylic acid groups (broad SMARTS) is 4. The lowest BCUT2D eigenvalue weighted by atomic mass is 10.1. The minimum atomic E-state index is -1.48. The summed E-state index contributed by atoms with van der Waals surface area (Å²) in [7, 11) is 0. The van der Waals surface area contributed by atoms with E-state index in [1.807, 2.05) is 0 Å². The Morgan fingerprint density at radius 3 is 1.11 bits per heavy atom. The number of carbonyl (C=O) groups is 4. The molecule has 0 saturated heterocycles. The number of ether oxygens (including phenoxy) is 1. The van der Waals surface area contributed by atoms with Gasteiger partial charge in [0.05, 0.1) is 22.3 Å². The van der Waals surface area contributed by atoms with E-state index in [0.717, 1.165) is 24.3 Å². The first-order valence-electron chi connectivity index (χ1n) is 6.60. The quantitative estimate of drug-likeness (QED) is 0.548. The maximum atomic E-state index is 11.1. The van der Waals surface area contributed by atoms with E-state index in [1.165, 1.54) is 12.1 Å².